The Morgan fingerprint density at radius 3 is 1.52 bits per heavy atom. The molecule has 3 aromatic carbocycles. The molecule has 0 N–H and O–H groups in total. The summed E-state index contributed by atoms with van der Waals surface area (Å²) in [6, 6.07) is 21.8. The molecular weight excluding hydrogens is 440 g/mol. The van der Waals surface area contributed by atoms with Crippen LogP contribution < -0.4 is 0 Å². The highest BCUT2D eigenvalue weighted by Gasteiger charge is 2.47. The van der Waals surface area contributed by atoms with Crippen molar-refractivity contribution in [2.24, 2.45) is 0 Å². The summed E-state index contributed by atoms with van der Waals surface area (Å²) in [5.74, 6) is -1.43. The predicted octanol–water partition coefficient (Wildman–Crippen LogP) is 5.46. The molecule has 0 aliphatic heterocycles. The van der Waals surface area contributed by atoms with Gasteiger partial charge in [0.25, 0.3) is 11.4 Å². The average Bonchev–Trinajstić information content (AvgIpc) is 2.79. The molecule has 8 nitrogen and oxygen atoms in total. The Bertz CT molecular complexity index is 1070. The molecule has 0 unspecified atom stereocenters. The molecule has 0 saturated heterocycles. The molecule has 0 aliphatic rings. The molecule has 0 aromatic heterocycles. The summed E-state index contributed by atoms with van der Waals surface area (Å²) in [5, 5.41) is 22.1. The number of nitrogens with zero attached hydrogens (tertiary/aromatic N) is 2. The maximum Gasteiger partial charge on any atom is 0.274 e. The van der Waals surface area contributed by atoms with Gasteiger partial charge >= 0.3 is 0 Å². The van der Waals surface area contributed by atoms with Crippen LogP contribution >= 0.6 is 0 Å². The summed E-state index contributed by atoms with van der Waals surface area (Å²) in [7, 11) is 3.73. The Balaban J connectivity index is 2.03. The summed E-state index contributed by atoms with van der Waals surface area (Å²) < 4.78 is 12.7. The van der Waals surface area contributed by atoms with Crippen LogP contribution in [-0.4, -0.2) is 20.1 Å². The van der Waals surface area contributed by atoms with Gasteiger partial charge in [-0.3, -0.25) is 20.2 Å². The zero-order valence-corrected chi connectivity index (χ0v) is 19.3. The number of nitro benzene ring substituents is 2. The van der Waals surface area contributed by atoms with Gasteiger partial charge < -0.3 is 9.47 Å². The van der Waals surface area contributed by atoms with Crippen LogP contribution in [0.25, 0.3) is 0 Å². The molecule has 169 valence electrons. The smallest absolute Gasteiger partial charge is 0.274 e. The Morgan fingerprint density at radius 2 is 1.12 bits per heavy atom. The number of nitro groups is 2. The number of rotatable bonds is 10. The molecule has 3 aromatic rings. The number of benzene rings is 3. The van der Waals surface area contributed by atoms with E-state index in [1.54, 1.807) is 36.4 Å². The third-order valence-electron chi connectivity index (χ3n) is 5.22. The Morgan fingerprint density at radius 1 is 0.727 bits per heavy atom. The molecule has 3 rings (SSSR count). The number of hydrogen-bond acceptors (Lipinski definition) is 6. The van der Waals surface area contributed by atoms with E-state index in [-0.39, 0.29) is 24.6 Å². The standard InChI is InChI=1S/C24H23N2O6Si/c1-23(2,33)24(20-12-4-3-5-13-20,31-16-18-10-6-8-14-21(18)25(27)28)32-17-19-11-7-9-15-22(19)26(29)30/h3-15H,16-17H2,1-2H3. The number of hydrogen-bond donors (Lipinski definition) is 0. The second kappa shape index (κ2) is 10.0. The van der Waals surface area contributed by atoms with Crippen LogP contribution in [0.15, 0.2) is 78.9 Å². The highest BCUT2D eigenvalue weighted by atomic mass is 28.1. The Hall–Kier alpha value is -3.40. The van der Waals surface area contributed by atoms with Gasteiger partial charge in [0.1, 0.15) is 0 Å². The highest BCUT2D eigenvalue weighted by molar-refractivity contribution is 6.15. The van der Waals surface area contributed by atoms with Gasteiger partial charge in [0.15, 0.2) is 5.79 Å². The van der Waals surface area contributed by atoms with E-state index < -0.39 is 20.7 Å². The number of para-hydroxylation sites is 2. The van der Waals surface area contributed by atoms with Crippen molar-refractivity contribution in [1.82, 2.24) is 0 Å². The minimum atomic E-state index is -1.43. The maximum absolute atomic E-state index is 11.5. The predicted molar refractivity (Wildman–Crippen MR) is 124 cm³/mol. The van der Waals surface area contributed by atoms with Crippen molar-refractivity contribution in [3.05, 3.63) is 116 Å². The van der Waals surface area contributed by atoms with E-state index in [0.717, 1.165) is 0 Å². The molecule has 0 bridgehead atoms. The molecule has 0 fully saturated rings. The highest BCUT2D eigenvalue weighted by Crippen LogP contribution is 2.48. The molecular formula is C24H23N2O6Si. The normalized spacial score (nSPS) is 11.8. The van der Waals surface area contributed by atoms with Crippen LogP contribution in [0.3, 0.4) is 0 Å². The lowest BCUT2D eigenvalue weighted by Crippen LogP contribution is -2.43. The molecule has 9 heteroatoms. The van der Waals surface area contributed by atoms with Crippen LogP contribution in [-0.2, 0) is 28.5 Å². The summed E-state index contributed by atoms with van der Waals surface area (Å²) in [6.07, 6.45) is 0. The molecule has 0 amide bonds. The largest absolute Gasteiger partial charge is 0.341 e. The van der Waals surface area contributed by atoms with Gasteiger partial charge in [-0.05, 0) is 12.1 Å². The van der Waals surface area contributed by atoms with E-state index in [4.69, 9.17) is 9.47 Å². The first-order chi connectivity index (χ1) is 15.7. The van der Waals surface area contributed by atoms with E-state index in [1.807, 2.05) is 44.2 Å². The van der Waals surface area contributed by atoms with Gasteiger partial charge in [-0.1, -0.05) is 68.4 Å². The van der Waals surface area contributed by atoms with Crippen molar-refractivity contribution >= 4 is 21.6 Å². The topological polar surface area (TPSA) is 105 Å². The first kappa shape index (κ1) is 24.2. The van der Waals surface area contributed by atoms with E-state index >= 15 is 0 Å². The fourth-order valence-corrected chi connectivity index (χ4v) is 3.86. The van der Waals surface area contributed by atoms with Crippen molar-refractivity contribution in [2.75, 3.05) is 0 Å². The van der Waals surface area contributed by atoms with E-state index in [2.05, 4.69) is 10.2 Å². The third-order valence-corrected chi connectivity index (χ3v) is 5.54. The van der Waals surface area contributed by atoms with Crippen molar-refractivity contribution < 1.29 is 19.3 Å². The van der Waals surface area contributed by atoms with Gasteiger partial charge in [-0.2, -0.15) is 0 Å². The summed E-state index contributed by atoms with van der Waals surface area (Å²) in [4.78, 5) is 22.0. The monoisotopic (exact) mass is 463 g/mol. The molecule has 0 saturated carbocycles. The fourth-order valence-electron chi connectivity index (χ4n) is 3.57. The van der Waals surface area contributed by atoms with E-state index in [0.29, 0.717) is 16.7 Å². The summed E-state index contributed by atoms with van der Waals surface area (Å²) >= 11 is 0. The van der Waals surface area contributed by atoms with E-state index in [1.165, 1.54) is 12.1 Å². The van der Waals surface area contributed by atoms with Gasteiger partial charge in [-0.25, -0.2) is 0 Å². The molecule has 33 heavy (non-hydrogen) atoms. The minimum Gasteiger partial charge on any atom is -0.341 e. The molecule has 3 radical (unpaired) electrons. The average molecular weight is 464 g/mol. The molecule has 0 aliphatic carbocycles. The zero-order chi connectivity index (χ0) is 24.1. The molecule has 0 heterocycles. The minimum absolute atomic E-state index is 0.0649. The Labute approximate surface area is 194 Å². The fraction of sp³-hybridized carbons (Fsp3) is 0.250. The van der Waals surface area contributed by atoms with Crippen LogP contribution in [0.5, 0.6) is 0 Å². The van der Waals surface area contributed by atoms with Crippen LogP contribution in [0.2, 0.25) is 5.04 Å². The third kappa shape index (κ3) is 5.33. The summed E-state index contributed by atoms with van der Waals surface area (Å²) in [5.41, 5.74) is 1.29. The van der Waals surface area contributed by atoms with Crippen molar-refractivity contribution in [2.45, 2.75) is 37.9 Å². The Kier molecular flexibility index (Phi) is 7.37. The first-order valence-electron chi connectivity index (χ1n) is 10.2. The van der Waals surface area contributed by atoms with Gasteiger partial charge in [0.2, 0.25) is 0 Å². The first-order valence-corrected chi connectivity index (χ1v) is 10.7. The SMILES string of the molecule is CC(C)([Si])C(OCc1ccccc1[N+](=O)[O-])(OCc1ccccc1[N+](=O)[O-])c1ccccc1. The summed E-state index contributed by atoms with van der Waals surface area (Å²) in [6.45, 7) is 3.46. The molecule has 0 atom stereocenters. The van der Waals surface area contributed by atoms with Crippen LogP contribution in [0.4, 0.5) is 11.4 Å². The van der Waals surface area contributed by atoms with Gasteiger partial charge in [0, 0.05) is 33.0 Å². The molecule has 0 spiro atoms. The van der Waals surface area contributed by atoms with Crippen LogP contribution in [0.1, 0.15) is 30.5 Å². The second-order valence-electron chi connectivity index (χ2n) is 7.96. The lowest BCUT2D eigenvalue weighted by atomic mass is 9.92. The van der Waals surface area contributed by atoms with Crippen molar-refractivity contribution in [3.8, 4) is 0 Å². The van der Waals surface area contributed by atoms with Gasteiger partial charge in [0.05, 0.1) is 34.2 Å². The lowest BCUT2D eigenvalue weighted by molar-refractivity contribution is -0.387. The van der Waals surface area contributed by atoms with E-state index in [9.17, 15) is 20.2 Å². The lowest BCUT2D eigenvalue weighted by Gasteiger charge is -2.44. The van der Waals surface area contributed by atoms with Crippen molar-refractivity contribution in [3.63, 3.8) is 0 Å². The van der Waals surface area contributed by atoms with Crippen molar-refractivity contribution in [1.29, 1.82) is 0 Å². The second-order valence-corrected chi connectivity index (χ2v) is 9.21. The maximum atomic E-state index is 11.5. The zero-order valence-electron chi connectivity index (χ0n) is 18.3. The van der Waals surface area contributed by atoms with Gasteiger partial charge in [-0.15, -0.1) is 0 Å². The quantitative estimate of drug-likeness (QED) is 0.171. The number of ether oxygens (including phenoxy) is 2. The van der Waals surface area contributed by atoms with Crippen LogP contribution in [0, 0.1) is 20.2 Å².